The van der Waals surface area contributed by atoms with Crippen LogP contribution in [0.5, 0.6) is 0 Å². The van der Waals surface area contributed by atoms with Crippen LogP contribution in [-0.2, 0) is 12.8 Å². The lowest BCUT2D eigenvalue weighted by molar-refractivity contribution is 0.102. The molecule has 2 aromatic carbocycles. The third kappa shape index (κ3) is 5.14. The van der Waals surface area contributed by atoms with Crippen molar-refractivity contribution in [3.05, 3.63) is 105 Å². The molecule has 3 N–H and O–H groups in total. The molecule has 0 saturated carbocycles. The number of aromatic nitrogens is 1. The zero-order valence-electron chi connectivity index (χ0n) is 24.0. The highest BCUT2D eigenvalue weighted by molar-refractivity contribution is 7.15. The summed E-state index contributed by atoms with van der Waals surface area (Å²) in [4.78, 5) is 15.0. The number of nitrogens with one attached hydrogen (secondary N) is 1. The van der Waals surface area contributed by atoms with E-state index in [9.17, 15) is 15.3 Å². The van der Waals surface area contributed by atoms with E-state index in [0.717, 1.165) is 70.1 Å². The molecule has 0 unspecified atom stereocenters. The molecular weight excluding hydrogens is 554 g/mol. The fourth-order valence-corrected chi connectivity index (χ4v) is 7.44. The number of nitrogens with zero attached hydrogens (tertiary/aromatic N) is 5. The van der Waals surface area contributed by atoms with E-state index < -0.39 is 12.1 Å². The van der Waals surface area contributed by atoms with E-state index in [2.05, 4.69) is 27.1 Å². The molecule has 6 rings (SSSR count). The van der Waals surface area contributed by atoms with Crippen LogP contribution in [0.25, 0.3) is 11.1 Å². The largest absolute Gasteiger partial charge is 0.322 e. The number of benzene rings is 2. The van der Waals surface area contributed by atoms with Crippen LogP contribution in [-0.4, -0.2) is 22.4 Å². The first kappa shape index (κ1) is 28.2. The number of hydrogen-bond acceptors (Lipinski definition) is 7. The van der Waals surface area contributed by atoms with Crippen LogP contribution in [0.3, 0.4) is 0 Å². The van der Waals surface area contributed by atoms with Gasteiger partial charge in [0.05, 0.1) is 28.6 Å². The number of allylic oxidation sites excluding steroid dienone is 1. The Hall–Kier alpha value is -4.96. The first-order valence-corrected chi connectivity index (χ1v) is 15.1. The minimum Gasteiger partial charge on any atom is -0.322 e. The lowest BCUT2D eigenvalue weighted by Crippen LogP contribution is -2.40. The van der Waals surface area contributed by atoms with Crippen molar-refractivity contribution in [1.82, 2.24) is 4.57 Å². The predicted molar refractivity (Wildman–Crippen MR) is 171 cm³/mol. The Bertz CT molecular complexity index is 1840. The quantitative estimate of drug-likeness (QED) is 0.250. The predicted octanol–water partition coefficient (Wildman–Crippen LogP) is 6.49. The third-order valence-electron chi connectivity index (χ3n) is 8.07. The molecule has 9 heteroatoms. The molecule has 2 atom stereocenters. The van der Waals surface area contributed by atoms with Crippen LogP contribution in [0.4, 0.5) is 11.4 Å². The molecule has 2 aromatic heterocycles. The lowest BCUT2D eigenvalue weighted by atomic mass is 9.95. The van der Waals surface area contributed by atoms with Gasteiger partial charge < -0.3 is 15.6 Å². The Morgan fingerprint density at radius 2 is 1.77 bits per heavy atom. The van der Waals surface area contributed by atoms with Crippen molar-refractivity contribution in [2.45, 2.75) is 45.7 Å². The molecule has 1 amide bonds. The van der Waals surface area contributed by atoms with Crippen LogP contribution in [0.2, 0.25) is 0 Å². The lowest BCUT2D eigenvalue weighted by Gasteiger charge is -2.21. The number of aryl methyl sites for hydroxylation is 2. The standard InChI is InChI=1S/C34H31N7OS/c1-21-17-23(18-24(19-35)31-28(20-36)32(37)41(39-31)26-13-7-4-8-14-26)22(2)40(21)34-30(27-15-9-10-16-29(27)43-34)33(42)38-25-11-5-3-6-12-25/h3-8,11-14,17-18,28,32H,9-10,15-16,37H2,1-2H3,(H,38,42)/b24-18-/t28-,32+/m0/s1. The molecule has 43 heavy (non-hydrogen) atoms. The molecule has 2 aliphatic rings. The van der Waals surface area contributed by atoms with E-state index >= 15 is 0 Å². The molecule has 0 bridgehead atoms. The Kier molecular flexibility index (Phi) is 7.69. The van der Waals surface area contributed by atoms with Gasteiger partial charge in [0.25, 0.3) is 5.91 Å². The number of thiophene rings is 1. The smallest absolute Gasteiger partial charge is 0.258 e. The van der Waals surface area contributed by atoms with Gasteiger partial charge >= 0.3 is 0 Å². The monoisotopic (exact) mass is 585 g/mol. The van der Waals surface area contributed by atoms with Gasteiger partial charge in [0.15, 0.2) is 0 Å². The van der Waals surface area contributed by atoms with E-state index in [-0.39, 0.29) is 11.5 Å². The van der Waals surface area contributed by atoms with E-state index in [1.807, 2.05) is 80.6 Å². The van der Waals surface area contributed by atoms with Gasteiger partial charge in [-0.3, -0.25) is 4.79 Å². The summed E-state index contributed by atoms with van der Waals surface area (Å²) in [6.07, 6.45) is 5.07. The number of carbonyl (C=O) groups is 1. The van der Waals surface area contributed by atoms with Gasteiger partial charge in [-0.05, 0) is 87.1 Å². The van der Waals surface area contributed by atoms with Crippen LogP contribution in [0.15, 0.2) is 77.4 Å². The van der Waals surface area contributed by atoms with Crippen LogP contribution < -0.4 is 16.1 Å². The summed E-state index contributed by atoms with van der Waals surface area (Å²) in [5.74, 6) is -0.887. The summed E-state index contributed by atoms with van der Waals surface area (Å²) in [7, 11) is 0. The van der Waals surface area contributed by atoms with E-state index in [0.29, 0.717) is 5.71 Å². The fourth-order valence-electron chi connectivity index (χ4n) is 5.94. The highest BCUT2D eigenvalue weighted by atomic mass is 32.1. The van der Waals surface area contributed by atoms with Crippen molar-refractivity contribution in [3.8, 4) is 17.1 Å². The van der Waals surface area contributed by atoms with Gasteiger partial charge in [-0.1, -0.05) is 36.4 Å². The van der Waals surface area contributed by atoms with Gasteiger partial charge in [-0.2, -0.15) is 15.6 Å². The summed E-state index contributed by atoms with van der Waals surface area (Å²) < 4.78 is 2.12. The molecule has 0 spiro atoms. The fraction of sp³-hybridized carbons (Fsp3) is 0.235. The van der Waals surface area contributed by atoms with E-state index in [4.69, 9.17) is 5.73 Å². The maximum atomic E-state index is 13.8. The number of amides is 1. The molecular formula is C34H31N7OS. The van der Waals surface area contributed by atoms with Crippen molar-refractivity contribution in [3.63, 3.8) is 0 Å². The molecule has 1 aliphatic carbocycles. The third-order valence-corrected chi connectivity index (χ3v) is 9.35. The number of fused-ring (bicyclic) bond motifs is 1. The number of para-hydroxylation sites is 2. The SMILES string of the molecule is Cc1cc(/C=C(/C#N)C2=NN(c3ccccc3)[C@@H](N)[C@H]2C#N)c(C)n1-c1sc2c(c1C(=O)Nc1ccccc1)CCCC2. The second-order valence-electron chi connectivity index (χ2n) is 10.8. The maximum Gasteiger partial charge on any atom is 0.258 e. The summed E-state index contributed by atoms with van der Waals surface area (Å²) in [5.41, 5.74) is 13.1. The summed E-state index contributed by atoms with van der Waals surface area (Å²) in [5, 5.41) is 30.5. The Balaban J connectivity index is 1.42. The number of hydrazone groups is 1. The van der Waals surface area contributed by atoms with Crippen LogP contribution in [0, 0.1) is 42.4 Å². The molecule has 0 radical (unpaired) electrons. The van der Waals surface area contributed by atoms with Crippen molar-refractivity contribution >= 4 is 40.4 Å². The zero-order chi connectivity index (χ0) is 30.1. The summed E-state index contributed by atoms with van der Waals surface area (Å²) in [6.45, 7) is 4.00. The zero-order valence-corrected chi connectivity index (χ0v) is 24.9. The second-order valence-corrected chi connectivity index (χ2v) is 11.9. The number of hydrogen-bond donors (Lipinski definition) is 2. The molecule has 8 nitrogen and oxygen atoms in total. The Morgan fingerprint density at radius 1 is 1.07 bits per heavy atom. The van der Waals surface area contributed by atoms with Gasteiger partial charge in [-0.25, -0.2) is 5.01 Å². The summed E-state index contributed by atoms with van der Waals surface area (Å²) >= 11 is 1.67. The topological polar surface area (TPSA) is 123 Å². The number of nitrogens with two attached hydrogens (primary N) is 1. The second kappa shape index (κ2) is 11.7. The highest BCUT2D eigenvalue weighted by Gasteiger charge is 2.38. The highest BCUT2D eigenvalue weighted by Crippen LogP contribution is 2.39. The van der Waals surface area contributed by atoms with Gasteiger partial charge in [0.1, 0.15) is 23.2 Å². The van der Waals surface area contributed by atoms with Crippen LogP contribution >= 0.6 is 11.3 Å². The molecule has 0 saturated heterocycles. The van der Waals surface area contributed by atoms with Crippen molar-refractivity contribution in [2.75, 3.05) is 10.3 Å². The van der Waals surface area contributed by atoms with Crippen molar-refractivity contribution in [2.24, 2.45) is 16.8 Å². The first-order valence-electron chi connectivity index (χ1n) is 14.3. The van der Waals surface area contributed by atoms with Gasteiger partial charge in [0.2, 0.25) is 0 Å². The number of carbonyl (C=O) groups excluding carboxylic acids is 1. The minimum atomic E-state index is -0.771. The number of nitriles is 2. The minimum absolute atomic E-state index is 0.116. The average Bonchev–Trinajstić information content (AvgIpc) is 3.66. The van der Waals surface area contributed by atoms with Crippen molar-refractivity contribution < 1.29 is 4.79 Å². The van der Waals surface area contributed by atoms with Gasteiger partial charge in [-0.15, -0.1) is 11.3 Å². The normalized spacial score (nSPS) is 18.0. The first-order chi connectivity index (χ1) is 20.9. The molecule has 214 valence electrons. The summed E-state index contributed by atoms with van der Waals surface area (Å²) in [6, 6.07) is 25.4. The van der Waals surface area contributed by atoms with Crippen molar-refractivity contribution in [1.29, 1.82) is 10.5 Å². The average molecular weight is 586 g/mol. The molecule has 3 heterocycles. The molecule has 0 fully saturated rings. The maximum absolute atomic E-state index is 13.8. The van der Waals surface area contributed by atoms with Crippen LogP contribution in [0.1, 0.15) is 50.6 Å². The molecule has 4 aromatic rings. The van der Waals surface area contributed by atoms with Gasteiger partial charge in [0, 0.05) is 22.0 Å². The Labute approximate surface area is 255 Å². The van der Waals surface area contributed by atoms with E-state index in [1.165, 1.54) is 4.88 Å². The number of rotatable bonds is 6. The van der Waals surface area contributed by atoms with E-state index in [1.54, 1.807) is 22.4 Å². The Morgan fingerprint density at radius 3 is 2.47 bits per heavy atom. The molecule has 1 aliphatic heterocycles. The number of anilines is 2.